The number of nitro benzene ring substituents is 1. The summed E-state index contributed by atoms with van der Waals surface area (Å²) in [5.41, 5.74) is -1.81. The molecule has 0 bridgehead atoms. The zero-order valence-electron chi connectivity index (χ0n) is 14.6. The molecule has 0 saturated heterocycles. The summed E-state index contributed by atoms with van der Waals surface area (Å²) in [4.78, 5) is 34.8. The van der Waals surface area contributed by atoms with Gasteiger partial charge in [0.05, 0.1) is 33.7 Å². The minimum Gasteiger partial charge on any atom is -0.465 e. The number of anilines is 1. The third-order valence-electron chi connectivity index (χ3n) is 3.93. The van der Waals surface area contributed by atoms with Gasteiger partial charge in [-0.25, -0.2) is 4.79 Å². The molecule has 0 aliphatic carbocycles. The molecule has 0 saturated carbocycles. The van der Waals surface area contributed by atoms with E-state index < -0.39 is 28.5 Å². The van der Waals surface area contributed by atoms with Gasteiger partial charge in [-0.3, -0.25) is 14.9 Å². The van der Waals surface area contributed by atoms with E-state index in [2.05, 4.69) is 10.1 Å². The average Bonchev–Trinajstić information content (AvgIpc) is 3.10. The molecule has 3 aromatic rings. The van der Waals surface area contributed by atoms with Crippen molar-refractivity contribution >= 4 is 44.7 Å². The molecule has 1 N–H and O–H groups in total. The van der Waals surface area contributed by atoms with Crippen LogP contribution in [0.2, 0.25) is 0 Å². The topological polar surface area (TPSA) is 98.5 Å². The molecule has 0 radical (unpaired) electrons. The van der Waals surface area contributed by atoms with Gasteiger partial charge in [-0.05, 0) is 30.3 Å². The lowest BCUT2D eigenvalue weighted by molar-refractivity contribution is -0.384. The van der Waals surface area contributed by atoms with E-state index in [9.17, 15) is 32.9 Å². The molecule has 0 aliphatic heterocycles. The van der Waals surface area contributed by atoms with Crippen molar-refractivity contribution in [2.45, 2.75) is 6.18 Å². The van der Waals surface area contributed by atoms with E-state index in [0.29, 0.717) is 22.2 Å². The van der Waals surface area contributed by atoms with Gasteiger partial charge >= 0.3 is 12.1 Å². The number of hydrogen-bond donors (Lipinski definition) is 1. The molecular weight excluding hydrogens is 413 g/mol. The van der Waals surface area contributed by atoms with Crippen molar-refractivity contribution in [2.24, 2.45) is 0 Å². The minimum absolute atomic E-state index is 0.105. The molecule has 3 rings (SSSR count). The van der Waals surface area contributed by atoms with Crippen LogP contribution in [-0.4, -0.2) is 23.9 Å². The zero-order valence-corrected chi connectivity index (χ0v) is 15.4. The number of thiophene rings is 1. The quantitative estimate of drug-likeness (QED) is 0.366. The largest absolute Gasteiger partial charge is 0.465 e. The Bertz CT molecular complexity index is 1140. The van der Waals surface area contributed by atoms with E-state index >= 15 is 0 Å². The van der Waals surface area contributed by atoms with Crippen LogP contribution in [0.1, 0.15) is 25.6 Å². The number of carbonyl (C=O) groups is 2. The second kappa shape index (κ2) is 7.51. The van der Waals surface area contributed by atoms with E-state index in [0.717, 1.165) is 24.5 Å². The summed E-state index contributed by atoms with van der Waals surface area (Å²) in [7, 11) is 1.06. The lowest BCUT2D eigenvalue weighted by Gasteiger charge is -2.13. The van der Waals surface area contributed by atoms with Gasteiger partial charge in [-0.1, -0.05) is 0 Å². The number of carbonyl (C=O) groups excluding carboxylic acids is 2. The molecule has 1 heterocycles. The summed E-state index contributed by atoms with van der Waals surface area (Å²) in [5, 5.41) is 13.6. The van der Waals surface area contributed by atoms with Crippen molar-refractivity contribution in [1.29, 1.82) is 0 Å². The molecule has 0 fully saturated rings. The zero-order chi connectivity index (χ0) is 21.3. The van der Waals surface area contributed by atoms with Gasteiger partial charge in [0.1, 0.15) is 0 Å². The Labute approximate surface area is 164 Å². The Kier molecular flexibility index (Phi) is 5.25. The summed E-state index contributed by atoms with van der Waals surface area (Å²) in [5.74, 6) is -1.68. The van der Waals surface area contributed by atoms with Crippen molar-refractivity contribution < 1.29 is 32.4 Å². The van der Waals surface area contributed by atoms with Gasteiger partial charge in [-0.2, -0.15) is 13.2 Å². The average molecular weight is 424 g/mol. The van der Waals surface area contributed by atoms with Gasteiger partial charge in [0.25, 0.3) is 11.6 Å². The molecule has 0 atom stereocenters. The summed E-state index contributed by atoms with van der Waals surface area (Å²) in [6.45, 7) is 0. The normalized spacial score (nSPS) is 11.3. The predicted molar refractivity (Wildman–Crippen MR) is 99.2 cm³/mol. The number of nitrogens with one attached hydrogen (secondary N) is 1. The highest BCUT2D eigenvalue weighted by Crippen LogP contribution is 2.34. The molecule has 1 aromatic heterocycles. The number of halogens is 3. The fourth-order valence-corrected chi connectivity index (χ4v) is 3.49. The Morgan fingerprint density at radius 1 is 1.14 bits per heavy atom. The Hall–Kier alpha value is -3.47. The number of nitro groups is 1. The van der Waals surface area contributed by atoms with Crippen LogP contribution in [-0.2, 0) is 10.9 Å². The van der Waals surface area contributed by atoms with E-state index in [4.69, 9.17) is 0 Å². The monoisotopic (exact) mass is 424 g/mol. The van der Waals surface area contributed by atoms with Crippen LogP contribution in [0.3, 0.4) is 0 Å². The van der Waals surface area contributed by atoms with Crippen LogP contribution in [0, 0.1) is 10.1 Å². The first-order chi connectivity index (χ1) is 13.6. The van der Waals surface area contributed by atoms with Crippen molar-refractivity contribution in [2.75, 3.05) is 12.4 Å². The second-order valence-corrected chi connectivity index (χ2v) is 6.88. The third kappa shape index (κ3) is 4.19. The number of amides is 1. The molecule has 150 valence electrons. The standard InChI is InChI=1S/C18H11F3N2O5S/c1-28-17(25)12-4-2-10(18(19,20)21)8-13(12)22-16(24)15-7-9-6-11(23(26)27)3-5-14(9)29-15/h2-8H,1H3,(H,22,24). The van der Waals surface area contributed by atoms with Crippen LogP contribution in [0.5, 0.6) is 0 Å². The highest BCUT2D eigenvalue weighted by atomic mass is 32.1. The predicted octanol–water partition coefficient (Wildman–Crippen LogP) is 4.87. The molecule has 0 spiro atoms. The Morgan fingerprint density at radius 2 is 1.86 bits per heavy atom. The summed E-state index contributed by atoms with van der Waals surface area (Å²) >= 11 is 1.00. The molecule has 29 heavy (non-hydrogen) atoms. The second-order valence-electron chi connectivity index (χ2n) is 5.79. The van der Waals surface area contributed by atoms with Crippen molar-refractivity contribution in [3.63, 3.8) is 0 Å². The van der Waals surface area contributed by atoms with Crippen LogP contribution in [0.25, 0.3) is 10.1 Å². The van der Waals surface area contributed by atoms with Crippen molar-refractivity contribution in [3.8, 4) is 0 Å². The van der Waals surface area contributed by atoms with Crippen LogP contribution < -0.4 is 5.32 Å². The number of esters is 1. The van der Waals surface area contributed by atoms with Gasteiger partial charge in [-0.15, -0.1) is 11.3 Å². The number of alkyl halides is 3. The number of hydrogen-bond acceptors (Lipinski definition) is 6. The fraction of sp³-hybridized carbons (Fsp3) is 0.111. The molecular formula is C18H11F3N2O5S. The van der Waals surface area contributed by atoms with Gasteiger partial charge < -0.3 is 10.1 Å². The lowest BCUT2D eigenvalue weighted by atomic mass is 10.1. The van der Waals surface area contributed by atoms with E-state index in [1.807, 2.05) is 0 Å². The number of methoxy groups -OCH3 is 1. The van der Waals surface area contributed by atoms with Gasteiger partial charge in [0, 0.05) is 22.2 Å². The molecule has 7 nitrogen and oxygen atoms in total. The maximum Gasteiger partial charge on any atom is 0.416 e. The maximum absolute atomic E-state index is 13.0. The van der Waals surface area contributed by atoms with E-state index in [1.54, 1.807) is 0 Å². The first-order valence-corrected chi connectivity index (χ1v) is 8.70. The molecule has 2 aromatic carbocycles. The number of non-ortho nitro benzene ring substituents is 1. The van der Waals surface area contributed by atoms with E-state index in [1.165, 1.54) is 24.3 Å². The number of fused-ring (bicyclic) bond motifs is 1. The molecule has 11 heteroatoms. The van der Waals surface area contributed by atoms with Crippen LogP contribution in [0.15, 0.2) is 42.5 Å². The summed E-state index contributed by atoms with van der Waals surface area (Å²) in [6, 6.07) is 7.68. The van der Waals surface area contributed by atoms with Gasteiger partial charge in [0.2, 0.25) is 0 Å². The van der Waals surface area contributed by atoms with Crippen molar-refractivity contribution in [3.05, 3.63) is 68.6 Å². The number of rotatable bonds is 4. The van der Waals surface area contributed by atoms with Crippen molar-refractivity contribution in [1.82, 2.24) is 0 Å². The smallest absolute Gasteiger partial charge is 0.416 e. The number of benzene rings is 2. The fourth-order valence-electron chi connectivity index (χ4n) is 2.55. The van der Waals surface area contributed by atoms with Crippen LogP contribution >= 0.6 is 11.3 Å². The highest BCUT2D eigenvalue weighted by Gasteiger charge is 2.32. The molecule has 0 unspecified atom stereocenters. The highest BCUT2D eigenvalue weighted by molar-refractivity contribution is 7.20. The maximum atomic E-state index is 13.0. The molecule has 0 aliphatic rings. The Balaban J connectivity index is 1.98. The molecule has 1 amide bonds. The number of nitrogens with zero attached hydrogens (tertiary/aromatic N) is 1. The summed E-state index contributed by atoms with van der Waals surface area (Å²) < 4.78 is 44.1. The van der Waals surface area contributed by atoms with Gasteiger partial charge in [0.15, 0.2) is 0 Å². The van der Waals surface area contributed by atoms with E-state index in [-0.39, 0.29) is 21.8 Å². The first-order valence-electron chi connectivity index (χ1n) is 7.89. The Morgan fingerprint density at radius 3 is 2.48 bits per heavy atom. The van der Waals surface area contributed by atoms with Crippen LogP contribution in [0.4, 0.5) is 24.5 Å². The minimum atomic E-state index is -4.68. The third-order valence-corrected chi connectivity index (χ3v) is 5.05. The lowest BCUT2D eigenvalue weighted by Crippen LogP contribution is -2.16. The SMILES string of the molecule is COC(=O)c1ccc(C(F)(F)F)cc1NC(=O)c1cc2cc([N+](=O)[O-])ccc2s1. The number of ether oxygens (including phenoxy) is 1. The summed E-state index contributed by atoms with van der Waals surface area (Å²) in [6.07, 6.45) is -4.68. The first kappa shape index (κ1) is 20.3.